The smallest absolute Gasteiger partial charge is 0.352 e. The first kappa shape index (κ1) is 15.8. The van der Waals surface area contributed by atoms with Gasteiger partial charge in [0.05, 0.1) is 0 Å². The minimum atomic E-state index is -1.02. The molecule has 0 heterocycles. The molecule has 1 amide bonds. The number of esters is 1. The molecule has 0 aliphatic heterocycles. The molecule has 0 aliphatic rings. The lowest BCUT2D eigenvalue weighted by molar-refractivity contribution is -0.137. The Morgan fingerprint density at radius 3 is 2.40 bits per heavy atom. The third-order valence-electron chi connectivity index (χ3n) is 2.62. The first-order chi connectivity index (χ1) is 9.30. The van der Waals surface area contributed by atoms with Gasteiger partial charge < -0.3 is 16.2 Å². The highest BCUT2D eigenvalue weighted by Crippen LogP contribution is 2.12. The van der Waals surface area contributed by atoms with Crippen molar-refractivity contribution in [1.82, 2.24) is 0 Å². The highest BCUT2D eigenvalue weighted by atomic mass is 16.5. The minimum Gasteiger partial charge on any atom is -0.456 e. The second kappa shape index (κ2) is 6.81. The first-order valence-electron chi connectivity index (χ1n) is 6.16. The van der Waals surface area contributed by atoms with Crippen LogP contribution in [0.5, 0.6) is 0 Å². The summed E-state index contributed by atoms with van der Waals surface area (Å²) in [7, 11) is 0. The van der Waals surface area contributed by atoms with Gasteiger partial charge in [-0.25, -0.2) is 4.79 Å². The van der Waals surface area contributed by atoms with Gasteiger partial charge in [-0.2, -0.15) is 0 Å². The largest absolute Gasteiger partial charge is 0.456 e. The molecule has 0 saturated carbocycles. The average molecular weight is 277 g/mol. The van der Waals surface area contributed by atoms with Crippen LogP contribution in [0.3, 0.4) is 0 Å². The van der Waals surface area contributed by atoms with Crippen LogP contribution in [-0.4, -0.2) is 23.1 Å². The first-order valence-corrected chi connectivity index (χ1v) is 6.16. The zero-order valence-electron chi connectivity index (χ0n) is 11.4. The third kappa shape index (κ3) is 5.62. The Labute approximate surface area is 117 Å². The maximum Gasteiger partial charge on any atom is 0.352 e. The number of nitrogens with one attached hydrogen (secondary N) is 1. The molecule has 0 fully saturated rings. The Hall–Kier alpha value is -2.21. The van der Waals surface area contributed by atoms with Gasteiger partial charge >= 0.3 is 5.97 Å². The Morgan fingerprint density at radius 2 is 1.85 bits per heavy atom. The van der Waals surface area contributed by atoms with E-state index in [4.69, 9.17) is 21.6 Å². The number of hydrogen-bond donors (Lipinski definition) is 3. The molecular formula is C14H19N3O3. The molecule has 0 aliphatic carbocycles. The zero-order valence-corrected chi connectivity index (χ0v) is 11.4. The molecule has 1 unspecified atom stereocenters. The molecule has 0 aromatic heterocycles. The predicted molar refractivity (Wildman–Crippen MR) is 75.0 cm³/mol. The van der Waals surface area contributed by atoms with E-state index in [1.165, 1.54) is 0 Å². The molecule has 1 atom stereocenters. The molecule has 5 N–H and O–H groups in total. The van der Waals surface area contributed by atoms with Crippen molar-refractivity contribution in [1.29, 1.82) is 5.41 Å². The molecule has 6 heteroatoms. The second-order valence-electron chi connectivity index (χ2n) is 5.01. The Bertz CT molecular complexity index is 498. The van der Waals surface area contributed by atoms with Gasteiger partial charge in [0.25, 0.3) is 0 Å². The summed E-state index contributed by atoms with van der Waals surface area (Å²) >= 11 is 0. The van der Waals surface area contributed by atoms with Crippen molar-refractivity contribution >= 4 is 17.6 Å². The fraction of sp³-hybridized carbons (Fsp3) is 0.357. The molecule has 20 heavy (non-hydrogen) atoms. The topological polar surface area (TPSA) is 119 Å². The van der Waals surface area contributed by atoms with Crippen LogP contribution in [-0.2, 0) is 20.9 Å². The summed E-state index contributed by atoms with van der Waals surface area (Å²) in [6.07, 6.45) is -0.162. The molecule has 0 spiro atoms. The molecule has 108 valence electrons. The van der Waals surface area contributed by atoms with Crippen molar-refractivity contribution < 1.29 is 14.3 Å². The summed E-state index contributed by atoms with van der Waals surface area (Å²) < 4.78 is 5.01. The summed E-state index contributed by atoms with van der Waals surface area (Å²) in [5.74, 6) is -1.31. The van der Waals surface area contributed by atoms with E-state index in [0.717, 1.165) is 5.56 Å². The summed E-state index contributed by atoms with van der Waals surface area (Å²) in [6.45, 7) is 1.66. The van der Waals surface area contributed by atoms with Crippen LogP contribution in [0.25, 0.3) is 0 Å². The van der Waals surface area contributed by atoms with Crippen LogP contribution in [0.1, 0.15) is 25.3 Å². The van der Waals surface area contributed by atoms with Gasteiger partial charge in [0.15, 0.2) is 0 Å². The number of primary amides is 1. The number of hydrogen-bond acceptors (Lipinski definition) is 5. The van der Waals surface area contributed by atoms with Gasteiger partial charge in [-0.05, 0) is 12.5 Å². The van der Waals surface area contributed by atoms with Crippen molar-refractivity contribution in [3.63, 3.8) is 0 Å². The SMILES string of the molecule is CC(N)(CC(=N)C(=O)OCc1ccccc1)CC(N)=O. The molecule has 6 nitrogen and oxygen atoms in total. The van der Waals surface area contributed by atoms with Crippen molar-refractivity contribution in [2.45, 2.75) is 31.9 Å². The van der Waals surface area contributed by atoms with Crippen LogP contribution in [0.4, 0.5) is 0 Å². The molecule has 0 saturated heterocycles. The van der Waals surface area contributed by atoms with Crippen molar-refractivity contribution in [3.05, 3.63) is 35.9 Å². The average Bonchev–Trinajstić information content (AvgIpc) is 2.34. The monoisotopic (exact) mass is 277 g/mol. The lowest BCUT2D eigenvalue weighted by Gasteiger charge is -2.22. The van der Waals surface area contributed by atoms with Gasteiger partial charge in [-0.15, -0.1) is 0 Å². The number of ether oxygens (including phenoxy) is 1. The van der Waals surface area contributed by atoms with E-state index in [0.29, 0.717) is 0 Å². The van der Waals surface area contributed by atoms with E-state index in [9.17, 15) is 9.59 Å². The van der Waals surface area contributed by atoms with Crippen LogP contribution < -0.4 is 11.5 Å². The van der Waals surface area contributed by atoms with Gasteiger partial charge in [0.2, 0.25) is 5.91 Å². The second-order valence-corrected chi connectivity index (χ2v) is 5.01. The number of benzene rings is 1. The maximum absolute atomic E-state index is 11.7. The molecular weight excluding hydrogens is 258 g/mol. The van der Waals surface area contributed by atoms with Crippen LogP contribution >= 0.6 is 0 Å². The van der Waals surface area contributed by atoms with Gasteiger partial charge in [0.1, 0.15) is 12.3 Å². The van der Waals surface area contributed by atoms with E-state index < -0.39 is 17.4 Å². The Balaban J connectivity index is 2.47. The highest BCUT2D eigenvalue weighted by Gasteiger charge is 2.26. The summed E-state index contributed by atoms with van der Waals surface area (Å²) in [6, 6.07) is 9.15. The van der Waals surface area contributed by atoms with Crippen molar-refractivity contribution in [2.75, 3.05) is 0 Å². The minimum absolute atomic E-state index is 0.0659. The fourth-order valence-electron chi connectivity index (χ4n) is 1.75. The fourth-order valence-corrected chi connectivity index (χ4v) is 1.75. The normalized spacial score (nSPS) is 13.3. The standard InChI is InChI=1S/C14H19N3O3/c1-14(17,8-12(16)18)7-11(15)13(19)20-9-10-5-3-2-4-6-10/h2-6,15H,7-9,17H2,1H3,(H2,16,18). The van der Waals surface area contributed by atoms with Gasteiger partial charge in [-0.1, -0.05) is 30.3 Å². The molecule has 1 rings (SSSR count). The summed E-state index contributed by atoms with van der Waals surface area (Å²) in [5, 5.41) is 7.65. The number of rotatable bonds is 7. The van der Waals surface area contributed by atoms with E-state index in [2.05, 4.69) is 0 Å². The maximum atomic E-state index is 11.7. The number of nitrogens with two attached hydrogens (primary N) is 2. The zero-order chi connectivity index (χ0) is 15.2. The number of carbonyl (C=O) groups excluding carboxylic acids is 2. The quantitative estimate of drug-likeness (QED) is 0.502. The van der Waals surface area contributed by atoms with E-state index in [1.807, 2.05) is 30.3 Å². The Kier molecular flexibility index (Phi) is 5.40. The number of carbonyl (C=O) groups is 2. The molecule has 0 radical (unpaired) electrons. The van der Waals surface area contributed by atoms with Crippen molar-refractivity contribution in [2.24, 2.45) is 11.5 Å². The van der Waals surface area contributed by atoms with Crippen molar-refractivity contribution in [3.8, 4) is 0 Å². The van der Waals surface area contributed by atoms with Crippen LogP contribution in [0.2, 0.25) is 0 Å². The Morgan fingerprint density at radius 1 is 1.25 bits per heavy atom. The van der Waals surface area contributed by atoms with E-state index in [-0.39, 0.29) is 25.2 Å². The predicted octanol–water partition coefficient (Wildman–Crippen LogP) is 0.732. The highest BCUT2D eigenvalue weighted by molar-refractivity contribution is 6.35. The summed E-state index contributed by atoms with van der Waals surface area (Å²) in [4.78, 5) is 22.5. The molecule has 1 aromatic carbocycles. The van der Waals surface area contributed by atoms with Crippen LogP contribution in [0, 0.1) is 5.41 Å². The van der Waals surface area contributed by atoms with Crippen LogP contribution in [0.15, 0.2) is 30.3 Å². The molecule has 0 bridgehead atoms. The molecule has 1 aromatic rings. The third-order valence-corrected chi connectivity index (χ3v) is 2.62. The lowest BCUT2D eigenvalue weighted by atomic mass is 9.92. The van der Waals surface area contributed by atoms with E-state index >= 15 is 0 Å². The van der Waals surface area contributed by atoms with Gasteiger partial charge in [-0.3, -0.25) is 10.2 Å². The lowest BCUT2D eigenvalue weighted by Crippen LogP contribution is -2.43. The number of amides is 1. The van der Waals surface area contributed by atoms with E-state index in [1.54, 1.807) is 6.92 Å². The summed E-state index contributed by atoms with van der Waals surface area (Å²) in [5.41, 5.74) is 10.4. The van der Waals surface area contributed by atoms with Gasteiger partial charge in [0, 0.05) is 18.4 Å².